The van der Waals surface area contributed by atoms with Crippen molar-refractivity contribution in [2.45, 2.75) is 37.9 Å². The molecule has 2 N–H and O–H groups in total. The van der Waals surface area contributed by atoms with Crippen molar-refractivity contribution in [1.82, 2.24) is 0 Å². The molecule has 0 radical (unpaired) electrons. The lowest BCUT2D eigenvalue weighted by Gasteiger charge is -2.23. The van der Waals surface area contributed by atoms with Gasteiger partial charge in [-0.15, -0.1) is 0 Å². The van der Waals surface area contributed by atoms with Crippen molar-refractivity contribution in [1.29, 1.82) is 0 Å². The summed E-state index contributed by atoms with van der Waals surface area (Å²) in [5.74, 6) is 1.25. The highest BCUT2D eigenvalue weighted by molar-refractivity contribution is 5.40. The third-order valence-electron chi connectivity index (χ3n) is 4.33. The zero-order valence-corrected chi connectivity index (χ0v) is 13.7. The molecule has 0 aliphatic carbocycles. The molecule has 1 heterocycles. The first-order valence-corrected chi connectivity index (χ1v) is 8.57. The van der Waals surface area contributed by atoms with Gasteiger partial charge >= 0.3 is 0 Å². The van der Waals surface area contributed by atoms with Gasteiger partial charge in [-0.25, -0.2) is 0 Å². The fraction of sp³-hybridized carbons (Fsp3) is 0.400. The van der Waals surface area contributed by atoms with E-state index in [4.69, 9.17) is 9.47 Å². The van der Waals surface area contributed by atoms with E-state index in [1.807, 2.05) is 36.4 Å². The lowest BCUT2D eigenvalue weighted by molar-refractivity contribution is 0.0137. The Morgan fingerprint density at radius 3 is 1.50 bits per heavy atom. The molecule has 1 aliphatic heterocycles. The molecule has 0 saturated heterocycles. The van der Waals surface area contributed by atoms with E-state index < -0.39 is 12.2 Å². The Hall–Kier alpha value is -2.04. The molecule has 128 valence electrons. The van der Waals surface area contributed by atoms with Gasteiger partial charge in [0.05, 0.1) is 13.2 Å². The number of para-hydroxylation sites is 2. The number of ether oxygens (including phenoxy) is 2. The topological polar surface area (TPSA) is 58.9 Å². The van der Waals surface area contributed by atoms with Gasteiger partial charge in [-0.3, -0.25) is 0 Å². The molecule has 0 bridgehead atoms. The zero-order chi connectivity index (χ0) is 16.8. The first-order valence-electron chi connectivity index (χ1n) is 8.57. The zero-order valence-electron chi connectivity index (χ0n) is 13.7. The maximum atomic E-state index is 10.7. The highest BCUT2D eigenvalue weighted by Crippen LogP contribution is 2.37. The van der Waals surface area contributed by atoms with E-state index in [-0.39, 0.29) is 0 Å². The van der Waals surface area contributed by atoms with E-state index in [0.717, 1.165) is 25.7 Å². The number of hydrogen-bond donors (Lipinski definition) is 2. The van der Waals surface area contributed by atoms with Crippen LogP contribution in [-0.4, -0.2) is 23.4 Å². The van der Waals surface area contributed by atoms with Crippen LogP contribution in [0.25, 0.3) is 0 Å². The Bertz CT molecular complexity index is 598. The van der Waals surface area contributed by atoms with Crippen LogP contribution in [0.3, 0.4) is 0 Å². The molecule has 2 atom stereocenters. The molecular weight excluding hydrogens is 304 g/mol. The van der Waals surface area contributed by atoms with Crippen molar-refractivity contribution in [3.8, 4) is 11.5 Å². The predicted octanol–water partition coefficient (Wildman–Crippen LogP) is 3.79. The average Bonchev–Trinajstić information content (AvgIpc) is 2.63. The first-order chi connectivity index (χ1) is 11.8. The van der Waals surface area contributed by atoms with E-state index in [9.17, 15) is 10.2 Å². The summed E-state index contributed by atoms with van der Waals surface area (Å²) >= 11 is 0. The van der Waals surface area contributed by atoms with Crippen molar-refractivity contribution < 1.29 is 19.7 Å². The lowest BCUT2D eigenvalue weighted by Crippen LogP contribution is -2.14. The SMILES string of the molecule is O[C@H]1c2ccccc2OCCCCCCOc2ccccc2[C@@H]1O. The summed E-state index contributed by atoms with van der Waals surface area (Å²) < 4.78 is 11.7. The number of fused-ring (bicyclic) bond motifs is 2. The van der Waals surface area contributed by atoms with Gasteiger partial charge in [-0.2, -0.15) is 0 Å². The molecule has 4 heteroatoms. The van der Waals surface area contributed by atoms with E-state index in [2.05, 4.69) is 0 Å². The summed E-state index contributed by atoms with van der Waals surface area (Å²) in [6.07, 6.45) is 1.94. The normalized spacial score (nSPS) is 22.2. The highest BCUT2D eigenvalue weighted by atomic mass is 16.5. The van der Waals surface area contributed by atoms with Crippen LogP contribution in [0.2, 0.25) is 0 Å². The van der Waals surface area contributed by atoms with Crippen LogP contribution in [0.15, 0.2) is 48.5 Å². The number of benzene rings is 2. The van der Waals surface area contributed by atoms with Crippen molar-refractivity contribution in [3.05, 3.63) is 59.7 Å². The van der Waals surface area contributed by atoms with Gasteiger partial charge in [0.1, 0.15) is 23.7 Å². The Morgan fingerprint density at radius 1 is 0.625 bits per heavy atom. The molecule has 0 unspecified atom stereocenters. The largest absolute Gasteiger partial charge is 0.493 e. The predicted molar refractivity (Wildman–Crippen MR) is 92.3 cm³/mol. The molecule has 2 aromatic rings. The minimum atomic E-state index is -1.08. The van der Waals surface area contributed by atoms with Gasteiger partial charge in [0, 0.05) is 11.1 Å². The van der Waals surface area contributed by atoms with E-state index in [0.29, 0.717) is 35.8 Å². The number of hydrogen-bond acceptors (Lipinski definition) is 4. The quantitative estimate of drug-likeness (QED) is 0.772. The Morgan fingerprint density at radius 2 is 1.04 bits per heavy atom. The molecular formula is C20H24O4. The summed E-state index contributed by atoms with van der Waals surface area (Å²) in [5, 5.41) is 21.4. The molecule has 1 aliphatic rings. The molecule has 0 saturated carbocycles. The Balaban J connectivity index is 1.94. The summed E-state index contributed by atoms with van der Waals surface area (Å²) in [5.41, 5.74) is 1.19. The van der Waals surface area contributed by atoms with Gasteiger partial charge in [0.15, 0.2) is 0 Å². The summed E-state index contributed by atoms with van der Waals surface area (Å²) in [6.45, 7) is 1.22. The van der Waals surface area contributed by atoms with E-state index in [1.54, 1.807) is 12.1 Å². The third-order valence-corrected chi connectivity index (χ3v) is 4.33. The van der Waals surface area contributed by atoms with Crippen LogP contribution in [0.5, 0.6) is 11.5 Å². The Labute approximate surface area is 142 Å². The van der Waals surface area contributed by atoms with Crippen LogP contribution in [0, 0.1) is 0 Å². The second-order valence-corrected chi connectivity index (χ2v) is 6.08. The van der Waals surface area contributed by atoms with Crippen molar-refractivity contribution in [2.24, 2.45) is 0 Å². The van der Waals surface area contributed by atoms with Crippen LogP contribution < -0.4 is 9.47 Å². The first kappa shape index (κ1) is 16.8. The lowest BCUT2D eigenvalue weighted by atomic mass is 9.97. The van der Waals surface area contributed by atoms with Crippen LogP contribution in [-0.2, 0) is 0 Å². The van der Waals surface area contributed by atoms with Gasteiger partial charge in [0.25, 0.3) is 0 Å². The van der Waals surface area contributed by atoms with Crippen molar-refractivity contribution in [2.75, 3.05) is 13.2 Å². The molecule has 4 nitrogen and oxygen atoms in total. The fourth-order valence-electron chi connectivity index (χ4n) is 2.97. The molecule has 0 spiro atoms. The molecule has 0 amide bonds. The average molecular weight is 328 g/mol. The smallest absolute Gasteiger partial charge is 0.125 e. The van der Waals surface area contributed by atoms with Crippen LogP contribution in [0.4, 0.5) is 0 Å². The maximum absolute atomic E-state index is 10.7. The number of rotatable bonds is 0. The minimum absolute atomic E-state index is 0.594. The third kappa shape index (κ3) is 3.89. The molecule has 24 heavy (non-hydrogen) atoms. The number of aliphatic hydroxyl groups is 2. The maximum Gasteiger partial charge on any atom is 0.125 e. The minimum Gasteiger partial charge on any atom is -0.493 e. The van der Waals surface area contributed by atoms with Crippen LogP contribution >= 0.6 is 0 Å². The Kier molecular flexibility index (Phi) is 5.72. The molecule has 0 aromatic heterocycles. The van der Waals surface area contributed by atoms with Gasteiger partial charge in [-0.05, 0) is 37.8 Å². The standard InChI is InChI=1S/C20H24O4/c21-19-15-9-3-5-11-17(15)23-13-7-1-2-8-14-24-18-12-6-4-10-16(18)20(19)22/h3-6,9-12,19-22H,1-2,7-8,13-14H2/t19-,20-/m0/s1. The fourth-order valence-corrected chi connectivity index (χ4v) is 2.97. The molecule has 2 aromatic carbocycles. The second-order valence-electron chi connectivity index (χ2n) is 6.08. The van der Waals surface area contributed by atoms with Crippen LogP contribution in [0.1, 0.15) is 49.0 Å². The summed E-state index contributed by atoms with van der Waals surface area (Å²) in [4.78, 5) is 0. The van der Waals surface area contributed by atoms with E-state index >= 15 is 0 Å². The highest BCUT2D eigenvalue weighted by Gasteiger charge is 2.25. The number of aliphatic hydroxyl groups excluding tert-OH is 2. The van der Waals surface area contributed by atoms with Gasteiger partial charge < -0.3 is 19.7 Å². The molecule has 3 rings (SSSR count). The van der Waals surface area contributed by atoms with Gasteiger partial charge in [0.2, 0.25) is 0 Å². The van der Waals surface area contributed by atoms with Gasteiger partial charge in [-0.1, -0.05) is 36.4 Å². The summed E-state index contributed by atoms with van der Waals surface area (Å²) in [7, 11) is 0. The van der Waals surface area contributed by atoms with Crippen molar-refractivity contribution in [3.63, 3.8) is 0 Å². The van der Waals surface area contributed by atoms with E-state index in [1.165, 1.54) is 0 Å². The molecule has 0 fully saturated rings. The van der Waals surface area contributed by atoms with Crippen molar-refractivity contribution >= 4 is 0 Å². The second kappa shape index (κ2) is 8.18. The monoisotopic (exact) mass is 328 g/mol. The summed E-state index contributed by atoms with van der Waals surface area (Å²) in [6, 6.07) is 14.7.